The normalized spacial score (nSPS) is 23.2. The van der Waals surface area contributed by atoms with Crippen LogP contribution in [0.15, 0.2) is 24.3 Å². The average Bonchev–Trinajstić information content (AvgIpc) is 2.71. The van der Waals surface area contributed by atoms with Crippen LogP contribution < -0.4 is 5.73 Å². The van der Waals surface area contributed by atoms with E-state index in [1.807, 2.05) is 32.0 Å². The van der Waals surface area contributed by atoms with Gasteiger partial charge in [0.15, 0.2) is 5.79 Å². The van der Waals surface area contributed by atoms with Gasteiger partial charge >= 0.3 is 5.97 Å². The zero-order valence-corrected chi connectivity index (χ0v) is 11.1. The number of carboxylic acids is 1. The SMILES string of the molecule is CC1(C)OCC(c2ccccc2C(CN)C(=O)O)O1. The molecule has 3 N–H and O–H groups in total. The van der Waals surface area contributed by atoms with Gasteiger partial charge in [-0.2, -0.15) is 0 Å². The molecule has 1 aromatic carbocycles. The summed E-state index contributed by atoms with van der Waals surface area (Å²) in [6, 6.07) is 7.33. The maximum atomic E-state index is 11.3. The first kappa shape index (κ1) is 14.0. The minimum absolute atomic E-state index is 0.0588. The van der Waals surface area contributed by atoms with E-state index in [1.165, 1.54) is 0 Å². The Bertz CT molecular complexity index is 472. The molecule has 2 unspecified atom stereocenters. The lowest BCUT2D eigenvalue weighted by atomic mass is 9.92. The lowest BCUT2D eigenvalue weighted by Gasteiger charge is -2.21. The minimum atomic E-state index is -0.923. The first-order chi connectivity index (χ1) is 8.94. The number of nitrogens with two attached hydrogens (primary N) is 1. The Kier molecular flexibility index (Phi) is 3.89. The molecule has 19 heavy (non-hydrogen) atoms. The van der Waals surface area contributed by atoms with Crippen molar-refractivity contribution in [3.63, 3.8) is 0 Å². The van der Waals surface area contributed by atoms with Gasteiger partial charge < -0.3 is 20.3 Å². The fraction of sp³-hybridized carbons (Fsp3) is 0.500. The highest BCUT2D eigenvalue weighted by atomic mass is 16.7. The van der Waals surface area contributed by atoms with E-state index in [0.717, 1.165) is 5.56 Å². The molecular formula is C14H19NO4. The second-order valence-electron chi connectivity index (χ2n) is 5.07. The minimum Gasteiger partial charge on any atom is -0.481 e. The quantitative estimate of drug-likeness (QED) is 0.864. The lowest BCUT2D eigenvalue weighted by Crippen LogP contribution is -2.24. The Morgan fingerprint density at radius 3 is 2.74 bits per heavy atom. The summed E-state index contributed by atoms with van der Waals surface area (Å²) >= 11 is 0. The summed E-state index contributed by atoms with van der Waals surface area (Å²) in [5.41, 5.74) is 7.11. The summed E-state index contributed by atoms with van der Waals surface area (Å²) < 4.78 is 11.3. The molecule has 1 fully saturated rings. The Hall–Kier alpha value is -1.43. The van der Waals surface area contributed by atoms with E-state index >= 15 is 0 Å². The molecule has 0 spiro atoms. The summed E-state index contributed by atoms with van der Waals surface area (Å²) in [5.74, 6) is -2.28. The van der Waals surface area contributed by atoms with E-state index in [4.69, 9.17) is 15.2 Å². The van der Waals surface area contributed by atoms with E-state index in [-0.39, 0.29) is 12.6 Å². The Labute approximate surface area is 112 Å². The Morgan fingerprint density at radius 2 is 2.21 bits per heavy atom. The zero-order valence-electron chi connectivity index (χ0n) is 11.1. The molecule has 0 amide bonds. The van der Waals surface area contributed by atoms with Gasteiger partial charge in [0.05, 0.1) is 12.5 Å². The van der Waals surface area contributed by atoms with Crippen molar-refractivity contribution in [3.05, 3.63) is 35.4 Å². The van der Waals surface area contributed by atoms with E-state index in [9.17, 15) is 9.90 Å². The van der Waals surface area contributed by atoms with Crippen molar-refractivity contribution >= 4 is 5.97 Å². The van der Waals surface area contributed by atoms with Crippen LogP contribution in [0.1, 0.15) is 37.0 Å². The van der Waals surface area contributed by atoms with Crippen LogP contribution in [-0.2, 0) is 14.3 Å². The highest BCUT2D eigenvalue weighted by Crippen LogP contribution is 2.36. The van der Waals surface area contributed by atoms with Crippen molar-refractivity contribution in [3.8, 4) is 0 Å². The second-order valence-corrected chi connectivity index (χ2v) is 5.07. The maximum absolute atomic E-state index is 11.3. The van der Waals surface area contributed by atoms with Gasteiger partial charge in [0.25, 0.3) is 0 Å². The van der Waals surface area contributed by atoms with Crippen molar-refractivity contribution in [2.75, 3.05) is 13.2 Å². The van der Waals surface area contributed by atoms with Crippen LogP contribution >= 0.6 is 0 Å². The fourth-order valence-electron chi connectivity index (χ4n) is 2.32. The van der Waals surface area contributed by atoms with E-state index in [0.29, 0.717) is 12.2 Å². The average molecular weight is 265 g/mol. The zero-order chi connectivity index (χ0) is 14.0. The molecule has 1 heterocycles. The van der Waals surface area contributed by atoms with Crippen LogP contribution in [0, 0.1) is 0 Å². The fourth-order valence-corrected chi connectivity index (χ4v) is 2.32. The Morgan fingerprint density at radius 1 is 1.53 bits per heavy atom. The molecule has 1 saturated heterocycles. The van der Waals surface area contributed by atoms with Gasteiger partial charge in [-0.15, -0.1) is 0 Å². The number of carbonyl (C=O) groups is 1. The van der Waals surface area contributed by atoms with Crippen LogP contribution in [-0.4, -0.2) is 30.0 Å². The summed E-state index contributed by atoms with van der Waals surface area (Å²) in [6.07, 6.45) is -0.250. The molecule has 5 heteroatoms. The van der Waals surface area contributed by atoms with Crippen LogP contribution in [0.2, 0.25) is 0 Å². The molecule has 2 atom stereocenters. The number of hydrogen-bond acceptors (Lipinski definition) is 4. The first-order valence-corrected chi connectivity index (χ1v) is 6.28. The second kappa shape index (κ2) is 5.28. The van der Waals surface area contributed by atoms with Gasteiger partial charge in [0, 0.05) is 6.54 Å². The highest BCUT2D eigenvalue weighted by Gasteiger charge is 2.35. The molecule has 0 aliphatic carbocycles. The van der Waals surface area contributed by atoms with Gasteiger partial charge in [-0.1, -0.05) is 24.3 Å². The predicted octanol–water partition coefficient (Wildman–Crippen LogP) is 1.64. The van der Waals surface area contributed by atoms with Crippen molar-refractivity contribution in [2.24, 2.45) is 5.73 Å². The third kappa shape index (κ3) is 2.94. The predicted molar refractivity (Wildman–Crippen MR) is 69.7 cm³/mol. The third-order valence-corrected chi connectivity index (χ3v) is 3.26. The number of carboxylic acid groups (broad SMARTS) is 1. The van der Waals surface area contributed by atoms with Crippen molar-refractivity contribution in [1.29, 1.82) is 0 Å². The molecule has 0 saturated carbocycles. The van der Waals surface area contributed by atoms with Crippen molar-refractivity contribution in [1.82, 2.24) is 0 Å². The molecule has 0 aromatic heterocycles. The van der Waals surface area contributed by atoms with Gasteiger partial charge in [0.2, 0.25) is 0 Å². The van der Waals surface area contributed by atoms with Crippen molar-refractivity contribution in [2.45, 2.75) is 31.7 Å². The van der Waals surface area contributed by atoms with Crippen LogP contribution in [0.5, 0.6) is 0 Å². The third-order valence-electron chi connectivity index (χ3n) is 3.26. The number of hydrogen-bond donors (Lipinski definition) is 2. The van der Waals surface area contributed by atoms with Gasteiger partial charge in [-0.25, -0.2) is 0 Å². The molecule has 1 aliphatic heterocycles. The molecule has 104 valence electrons. The van der Waals surface area contributed by atoms with Gasteiger partial charge in [-0.3, -0.25) is 4.79 Å². The number of rotatable bonds is 4. The summed E-state index contributed by atoms with van der Waals surface area (Å²) in [6.45, 7) is 4.16. The van der Waals surface area contributed by atoms with E-state index in [2.05, 4.69) is 0 Å². The molecular weight excluding hydrogens is 246 g/mol. The molecule has 5 nitrogen and oxygen atoms in total. The number of ether oxygens (including phenoxy) is 2. The van der Waals surface area contributed by atoms with Gasteiger partial charge in [-0.05, 0) is 25.0 Å². The Balaban J connectivity index is 2.34. The molecule has 1 aliphatic rings. The molecule has 1 aromatic rings. The van der Waals surface area contributed by atoms with Crippen LogP contribution in [0.25, 0.3) is 0 Å². The monoisotopic (exact) mass is 265 g/mol. The number of benzene rings is 1. The summed E-state index contributed by atoms with van der Waals surface area (Å²) in [5, 5.41) is 9.24. The molecule has 2 rings (SSSR count). The van der Waals surface area contributed by atoms with E-state index in [1.54, 1.807) is 6.07 Å². The topological polar surface area (TPSA) is 81.8 Å². The van der Waals surface area contributed by atoms with E-state index < -0.39 is 17.7 Å². The highest BCUT2D eigenvalue weighted by molar-refractivity contribution is 5.77. The maximum Gasteiger partial charge on any atom is 0.312 e. The van der Waals surface area contributed by atoms with Crippen molar-refractivity contribution < 1.29 is 19.4 Å². The number of aliphatic carboxylic acids is 1. The first-order valence-electron chi connectivity index (χ1n) is 6.28. The van der Waals surface area contributed by atoms with Gasteiger partial charge in [0.1, 0.15) is 6.10 Å². The van der Waals surface area contributed by atoms with Crippen LogP contribution in [0.3, 0.4) is 0 Å². The lowest BCUT2D eigenvalue weighted by molar-refractivity contribution is -0.139. The largest absolute Gasteiger partial charge is 0.481 e. The molecule has 0 radical (unpaired) electrons. The smallest absolute Gasteiger partial charge is 0.312 e. The van der Waals surface area contributed by atoms with Crippen LogP contribution in [0.4, 0.5) is 0 Å². The standard InChI is InChI=1S/C14H19NO4/c1-14(2)18-8-12(19-14)10-6-4-3-5-9(10)11(7-15)13(16)17/h3-6,11-12H,7-8,15H2,1-2H3,(H,16,17). The summed E-state index contributed by atoms with van der Waals surface area (Å²) in [7, 11) is 0. The summed E-state index contributed by atoms with van der Waals surface area (Å²) in [4.78, 5) is 11.3. The molecule has 0 bridgehead atoms.